The molecule has 7 heteroatoms. The van der Waals surface area contributed by atoms with Crippen LogP contribution >= 0.6 is 0 Å². The van der Waals surface area contributed by atoms with Crippen molar-refractivity contribution in [3.63, 3.8) is 0 Å². The van der Waals surface area contributed by atoms with Crippen molar-refractivity contribution in [2.45, 2.75) is 6.92 Å². The third kappa shape index (κ3) is 4.95. The van der Waals surface area contributed by atoms with E-state index in [-0.39, 0.29) is 5.91 Å². The van der Waals surface area contributed by atoms with Gasteiger partial charge in [0.15, 0.2) is 0 Å². The lowest BCUT2D eigenvalue weighted by molar-refractivity contribution is 0.102. The lowest BCUT2D eigenvalue weighted by Crippen LogP contribution is -2.13. The number of nitrogens with zero attached hydrogens (tertiary/aromatic N) is 1. The quantitative estimate of drug-likeness (QED) is 0.587. The molecule has 2 aromatic carbocycles. The van der Waals surface area contributed by atoms with Crippen LogP contribution in [0.4, 0.5) is 17.2 Å². The summed E-state index contributed by atoms with van der Waals surface area (Å²) in [5, 5.41) is 6.05. The molecule has 0 aliphatic heterocycles. The molecular formula is C22H23N3O4. The van der Waals surface area contributed by atoms with E-state index in [1.807, 2.05) is 25.1 Å². The second-order valence-electron chi connectivity index (χ2n) is 6.00. The average Bonchev–Trinajstić information content (AvgIpc) is 2.75. The Labute approximate surface area is 169 Å². The topological polar surface area (TPSA) is 81.7 Å². The van der Waals surface area contributed by atoms with Crippen LogP contribution in [-0.4, -0.2) is 31.7 Å². The highest BCUT2D eigenvalue weighted by atomic mass is 16.5. The largest absolute Gasteiger partial charge is 0.497 e. The van der Waals surface area contributed by atoms with Crippen LogP contribution in [0.1, 0.15) is 17.3 Å². The van der Waals surface area contributed by atoms with E-state index in [0.29, 0.717) is 46.6 Å². The van der Waals surface area contributed by atoms with Gasteiger partial charge >= 0.3 is 0 Å². The molecule has 29 heavy (non-hydrogen) atoms. The number of methoxy groups -OCH3 is 2. The van der Waals surface area contributed by atoms with Crippen molar-refractivity contribution >= 4 is 23.1 Å². The van der Waals surface area contributed by atoms with E-state index < -0.39 is 0 Å². The van der Waals surface area contributed by atoms with Crippen LogP contribution in [0.5, 0.6) is 17.2 Å². The van der Waals surface area contributed by atoms with Crippen molar-refractivity contribution in [3.8, 4) is 17.2 Å². The molecule has 0 unspecified atom stereocenters. The van der Waals surface area contributed by atoms with Crippen LogP contribution in [0.2, 0.25) is 0 Å². The summed E-state index contributed by atoms with van der Waals surface area (Å²) in [4.78, 5) is 17.0. The first-order valence-corrected chi connectivity index (χ1v) is 9.13. The molecule has 1 aromatic heterocycles. The highest BCUT2D eigenvalue weighted by molar-refractivity contribution is 6.05. The van der Waals surface area contributed by atoms with Gasteiger partial charge in [0.25, 0.3) is 5.91 Å². The highest BCUT2D eigenvalue weighted by Gasteiger charge is 2.12. The Morgan fingerprint density at radius 1 is 0.966 bits per heavy atom. The van der Waals surface area contributed by atoms with Gasteiger partial charge in [-0.1, -0.05) is 12.1 Å². The number of rotatable bonds is 8. The van der Waals surface area contributed by atoms with E-state index in [2.05, 4.69) is 15.6 Å². The van der Waals surface area contributed by atoms with E-state index in [1.165, 1.54) is 0 Å². The molecule has 150 valence electrons. The maximum absolute atomic E-state index is 12.7. The van der Waals surface area contributed by atoms with Gasteiger partial charge in [-0.15, -0.1) is 0 Å². The van der Waals surface area contributed by atoms with Crippen molar-refractivity contribution < 1.29 is 19.0 Å². The number of para-hydroxylation sites is 2. The Hall–Kier alpha value is -3.74. The Kier molecular flexibility index (Phi) is 6.52. The van der Waals surface area contributed by atoms with Gasteiger partial charge in [0, 0.05) is 17.8 Å². The maximum atomic E-state index is 12.7. The molecule has 0 saturated heterocycles. The monoisotopic (exact) mass is 393 g/mol. The second kappa shape index (κ2) is 9.45. The molecule has 1 amide bonds. The SMILES string of the molecule is CCOc1ccccc1NC(=O)c1ccnc(Nc2cc(OC)ccc2OC)c1. The van der Waals surface area contributed by atoms with Gasteiger partial charge in [-0.05, 0) is 43.3 Å². The molecular weight excluding hydrogens is 370 g/mol. The number of pyridine rings is 1. The van der Waals surface area contributed by atoms with Gasteiger partial charge in [0.05, 0.1) is 32.2 Å². The summed E-state index contributed by atoms with van der Waals surface area (Å²) in [5.41, 5.74) is 1.74. The van der Waals surface area contributed by atoms with Gasteiger partial charge in [-0.2, -0.15) is 0 Å². The van der Waals surface area contributed by atoms with Crippen LogP contribution in [0, 0.1) is 0 Å². The van der Waals surface area contributed by atoms with Crippen LogP contribution < -0.4 is 24.8 Å². The summed E-state index contributed by atoms with van der Waals surface area (Å²) >= 11 is 0. The molecule has 2 N–H and O–H groups in total. The van der Waals surface area contributed by atoms with Gasteiger partial charge in [0.2, 0.25) is 0 Å². The first kappa shape index (κ1) is 20.0. The molecule has 0 aliphatic carbocycles. The Balaban J connectivity index is 1.80. The normalized spacial score (nSPS) is 10.2. The first-order chi connectivity index (χ1) is 14.1. The molecule has 0 atom stereocenters. The van der Waals surface area contributed by atoms with Crippen molar-refractivity contribution in [2.75, 3.05) is 31.5 Å². The molecule has 0 aliphatic rings. The number of ether oxygens (including phenoxy) is 3. The number of benzene rings is 2. The predicted molar refractivity (Wildman–Crippen MR) is 113 cm³/mol. The lowest BCUT2D eigenvalue weighted by atomic mass is 10.2. The zero-order chi connectivity index (χ0) is 20.6. The Morgan fingerprint density at radius 3 is 2.55 bits per heavy atom. The van der Waals surface area contributed by atoms with Crippen molar-refractivity contribution in [1.29, 1.82) is 0 Å². The zero-order valence-corrected chi connectivity index (χ0v) is 16.6. The predicted octanol–water partition coefficient (Wildman–Crippen LogP) is 4.49. The van der Waals surface area contributed by atoms with E-state index in [0.717, 1.165) is 0 Å². The minimum Gasteiger partial charge on any atom is -0.497 e. The van der Waals surface area contributed by atoms with Gasteiger partial charge in [-0.3, -0.25) is 4.79 Å². The summed E-state index contributed by atoms with van der Waals surface area (Å²) in [7, 11) is 3.18. The third-order valence-corrected chi connectivity index (χ3v) is 4.13. The number of hydrogen-bond acceptors (Lipinski definition) is 6. The second-order valence-corrected chi connectivity index (χ2v) is 6.00. The summed E-state index contributed by atoms with van der Waals surface area (Å²) in [5.74, 6) is 2.17. The number of nitrogens with one attached hydrogen (secondary N) is 2. The summed E-state index contributed by atoms with van der Waals surface area (Å²) < 4.78 is 16.2. The molecule has 0 saturated carbocycles. The zero-order valence-electron chi connectivity index (χ0n) is 16.6. The number of carbonyl (C=O) groups is 1. The third-order valence-electron chi connectivity index (χ3n) is 4.13. The molecule has 3 rings (SSSR count). The highest BCUT2D eigenvalue weighted by Crippen LogP contribution is 2.31. The number of amides is 1. The summed E-state index contributed by atoms with van der Waals surface area (Å²) in [6, 6.07) is 16.0. The average molecular weight is 393 g/mol. The van der Waals surface area contributed by atoms with Crippen LogP contribution in [0.3, 0.4) is 0 Å². The minimum atomic E-state index is -0.264. The van der Waals surface area contributed by atoms with Crippen molar-refractivity contribution in [3.05, 3.63) is 66.4 Å². The maximum Gasteiger partial charge on any atom is 0.255 e. The molecule has 7 nitrogen and oxygen atoms in total. The molecule has 0 fully saturated rings. The van der Waals surface area contributed by atoms with E-state index >= 15 is 0 Å². The Morgan fingerprint density at radius 2 is 1.79 bits per heavy atom. The molecule has 1 heterocycles. The van der Waals surface area contributed by atoms with E-state index in [4.69, 9.17) is 14.2 Å². The number of carbonyl (C=O) groups excluding carboxylic acids is 1. The van der Waals surface area contributed by atoms with Gasteiger partial charge in [-0.25, -0.2) is 4.98 Å². The Bertz CT molecular complexity index is 991. The minimum absolute atomic E-state index is 0.264. The van der Waals surface area contributed by atoms with Crippen LogP contribution in [0.15, 0.2) is 60.8 Å². The lowest BCUT2D eigenvalue weighted by Gasteiger charge is -2.13. The van der Waals surface area contributed by atoms with Gasteiger partial charge < -0.3 is 24.8 Å². The van der Waals surface area contributed by atoms with Crippen LogP contribution in [0.25, 0.3) is 0 Å². The summed E-state index contributed by atoms with van der Waals surface area (Å²) in [6.45, 7) is 2.41. The van der Waals surface area contributed by atoms with E-state index in [9.17, 15) is 4.79 Å². The smallest absolute Gasteiger partial charge is 0.255 e. The molecule has 0 bridgehead atoms. The number of hydrogen-bond donors (Lipinski definition) is 2. The fourth-order valence-corrected chi connectivity index (χ4v) is 2.74. The molecule has 0 spiro atoms. The fourth-order valence-electron chi connectivity index (χ4n) is 2.74. The van der Waals surface area contributed by atoms with Crippen molar-refractivity contribution in [1.82, 2.24) is 4.98 Å². The van der Waals surface area contributed by atoms with E-state index in [1.54, 1.807) is 56.8 Å². The first-order valence-electron chi connectivity index (χ1n) is 9.13. The standard InChI is InChI=1S/C22H23N3O4/c1-4-29-20-8-6-5-7-17(20)25-22(26)15-11-12-23-21(13-15)24-18-14-16(27-2)9-10-19(18)28-3/h5-14H,4H2,1-3H3,(H,23,24)(H,25,26). The molecule has 3 aromatic rings. The number of anilines is 3. The molecule has 0 radical (unpaired) electrons. The summed E-state index contributed by atoms with van der Waals surface area (Å²) in [6.07, 6.45) is 1.57. The van der Waals surface area contributed by atoms with Crippen LogP contribution in [-0.2, 0) is 0 Å². The van der Waals surface area contributed by atoms with Gasteiger partial charge in [0.1, 0.15) is 23.1 Å². The number of aromatic nitrogens is 1. The van der Waals surface area contributed by atoms with Crippen molar-refractivity contribution in [2.24, 2.45) is 0 Å². The fraction of sp³-hybridized carbons (Fsp3) is 0.182.